The number of nitrogens with zero attached hydrogens (tertiary/aromatic N) is 1. The van der Waals surface area contributed by atoms with Crippen molar-refractivity contribution in [2.75, 3.05) is 26.2 Å². The number of rotatable bonds is 8. The number of benzene rings is 1. The number of alkyl halides is 3. The molecular weight excluding hydrogens is 341 g/mol. The Kier molecular flexibility index (Phi) is 6.49. The van der Waals surface area contributed by atoms with Crippen molar-refractivity contribution in [1.29, 1.82) is 0 Å². The lowest BCUT2D eigenvalue weighted by Gasteiger charge is -2.12. The quantitative estimate of drug-likeness (QED) is 0.724. The molecule has 0 spiro atoms. The Morgan fingerprint density at radius 1 is 1.28 bits per heavy atom. The molecule has 25 heavy (non-hydrogen) atoms. The summed E-state index contributed by atoms with van der Waals surface area (Å²) in [6, 6.07) is 5.42. The Balaban J connectivity index is 1.62. The van der Waals surface area contributed by atoms with E-state index in [1.807, 2.05) is 0 Å². The van der Waals surface area contributed by atoms with Crippen LogP contribution in [0, 0.1) is 0 Å². The first kappa shape index (κ1) is 18.9. The lowest BCUT2D eigenvalue weighted by atomic mass is 10.1. The molecule has 1 saturated heterocycles. The minimum Gasteiger partial charge on any atom is -0.448 e. The maximum absolute atomic E-state index is 12.1. The first-order valence-corrected chi connectivity index (χ1v) is 7.86. The van der Waals surface area contributed by atoms with Crippen LogP contribution < -0.4 is 10.1 Å². The van der Waals surface area contributed by atoms with Crippen molar-refractivity contribution in [3.8, 4) is 5.75 Å². The fraction of sp³-hybridized carbons (Fsp3) is 0.500. The first-order chi connectivity index (χ1) is 11.8. The SMILES string of the molecule is O=C(CCc1ccc(OC(F)(F)F)cc1)NCCCN1CCOC1=O. The van der Waals surface area contributed by atoms with E-state index in [1.54, 1.807) is 4.90 Å². The number of hydrogen-bond acceptors (Lipinski definition) is 4. The lowest BCUT2D eigenvalue weighted by molar-refractivity contribution is -0.274. The van der Waals surface area contributed by atoms with Crippen molar-refractivity contribution in [1.82, 2.24) is 10.2 Å². The molecule has 0 aromatic heterocycles. The highest BCUT2D eigenvalue weighted by Crippen LogP contribution is 2.22. The van der Waals surface area contributed by atoms with Crippen molar-refractivity contribution in [3.05, 3.63) is 29.8 Å². The molecule has 1 aliphatic rings. The number of carbonyl (C=O) groups is 2. The Bertz CT molecular complexity index is 590. The highest BCUT2D eigenvalue weighted by molar-refractivity contribution is 5.76. The summed E-state index contributed by atoms with van der Waals surface area (Å²) < 4.78 is 44.8. The fourth-order valence-corrected chi connectivity index (χ4v) is 2.33. The van der Waals surface area contributed by atoms with Crippen molar-refractivity contribution in [2.45, 2.75) is 25.6 Å². The summed E-state index contributed by atoms with van der Waals surface area (Å²) in [5.74, 6) is -0.444. The van der Waals surface area contributed by atoms with Gasteiger partial charge in [-0.15, -0.1) is 13.2 Å². The number of aryl methyl sites for hydroxylation is 1. The summed E-state index contributed by atoms with van der Waals surface area (Å²) >= 11 is 0. The van der Waals surface area contributed by atoms with Crippen LogP contribution in [0.1, 0.15) is 18.4 Å². The lowest BCUT2D eigenvalue weighted by Crippen LogP contribution is -2.30. The molecule has 0 unspecified atom stereocenters. The van der Waals surface area contributed by atoms with Gasteiger partial charge in [-0.2, -0.15) is 0 Å². The van der Waals surface area contributed by atoms with Gasteiger partial charge in [0.1, 0.15) is 12.4 Å². The molecule has 1 fully saturated rings. The molecule has 2 rings (SSSR count). The van der Waals surface area contributed by atoms with Gasteiger partial charge < -0.3 is 19.7 Å². The van der Waals surface area contributed by atoms with Gasteiger partial charge in [-0.05, 0) is 30.5 Å². The van der Waals surface area contributed by atoms with Gasteiger partial charge in [0.2, 0.25) is 5.91 Å². The van der Waals surface area contributed by atoms with E-state index in [0.717, 1.165) is 5.56 Å². The topological polar surface area (TPSA) is 67.9 Å². The van der Waals surface area contributed by atoms with E-state index in [9.17, 15) is 22.8 Å². The molecule has 1 aromatic carbocycles. The second-order valence-corrected chi connectivity index (χ2v) is 5.50. The van der Waals surface area contributed by atoms with E-state index >= 15 is 0 Å². The molecule has 0 aliphatic carbocycles. The van der Waals surface area contributed by atoms with Gasteiger partial charge >= 0.3 is 12.5 Å². The third-order valence-electron chi connectivity index (χ3n) is 3.57. The first-order valence-electron chi connectivity index (χ1n) is 7.86. The molecule has 2 amide bonds. The van der Waals surface area contributed by atoms with Crippen LogP contribution >= 0.6 is 0 Å². The zero-order valence-corrected chi connectivity index (χ0v) is 13.5. The monoisotopic (exact) mass is 360 g/mol. The summed E-state index contributed by atoms with van der Waals surface area (Å²) in [6.07, 6.45) is -3.77. The predicted molar refractivity (Wildman–Crippen MR) is 82.0 cm³/mol. The summed E-state index contributed by atoms with van der Waals surface area (Å²) in [6.45, 7) is 1.94. The summed E-state index contributed by atoms with van der Waals surface area (Å²) in [5.41, 5.74) is 0.740. The number of ether oxygens (including phenoxy) is 2. The van der Waals surface area contributed by atoms with E-state index < -0.39 is 6.36 Å². The van der Waals surface area contributed by atoms with E-state index in [1.165, 1.54) is 24.3 Å². The van der Waals surface area contributed by atoms with Gasteiger partial charge in [0.25, 0.3) is 0 Å². The van der Waals surface area contributed by atoms with E-state index in [-0.39, 0.29) is 24.2 Å². The Morgan fingerprint density at radius 3 is 2.60 bits per heavy atom. The fourth-order valence-electron chi connectivity index (χ4n) is 2.33. The highest BCUT2D eigenvalue weighted by atomic mass is 19.4. The van der Waals surface area contributed by atoms with E-state index in [4.69, 9.17) is 4.74 Å². The van der Waals surface area contributed by atoms with Gasteiger partial charge in [0.05, 0.1) is 6.54 Å². The van der Waals surface area contributed by atoms with Crippen LogP contribution in [0.2, 0.25) is 0 Å². The van der Waals surface area contributed by atoms with Crippen LogP contribution in [-0.2, 0) is 16.0 Å². The molecule has 0 bridgehead atoms. The summed E-state index contributed by atoms with van der Waals surface area (Å²) in [7, 11) is 0. The van der Waals surface area contributed by atoms with E-state index in [0.29, 0.717) is 39.1 Å². The number of halogens is 3. The molecule has 138 valence electrons. The van der Waals surface area contributed by atoms with Gasteiger partial charge in [-0.1, -0.05) is 12.1 Å². The van der Waals surface area contributed by atoms with Gasteiger partial charge in [0.15, 0.2) is 0 Å². The molecule has 1 heterocycles. The minimum atomic E-state index is -4.72. The largest absolute Gasteiger partial charge is 0.573 e. The number of amides is 2. The van der Waals surface area contributed by atoms with Crippen LogP contribution in [0.15, 0.2) is 24.3 Å². The molecule has 0 radical (unpaired) electrons. The maximum Gasteiger partial charge on any atom is 0.573 e. The maximum atomic E-state index is 12.1. The number of nitrogens with one attached hydrogen (secondary N) is 1. The standard InChI is InChI=1S/C16H19F3N2O4/c17-16(18,19)25-13-5-2-12(3-6-13)4-7-14(22)20-8-1-9-21-10-11-24-15(21)23/h2-3,5-6H,1,4,7-11H2,(H,20,22). The average Bonchev–Trinajstić information content (AvgIpc) is 2.94. The zero-order chi connectivity index (χ0) is 18.3. The molecule has 6 nitrogen and oxygen atoms in total. The molecule has 1 aliphatic heterocycles. The summed E-state index contributed by atoms with van der Waals surface area (Å²) in [4.78, 5) is 24.5. The predicted octanol–water partition coefficient (Wildman–Crippen LogP) is 2.48. The van der Waals surface area contributed by atoms with Crippen molar-refractivity contribution >= 4 is 12.0 Å². The van der Waals surface area contributed by atoms with Crippen LogP contribution in [-0.4, -0.2) is 49.5 Å². The van der Waals surface area contributed by atoms with Crippen molar-refractivity contribution < 1.29 is 32.2 Å². The number of carbonyl (C=O) groups excluding carboxylic acids is 2. The second kappa shape index (κ2) is 8.59. The van der Waals surface area contributed by atoms with E-state index in [2.05, 4.69) is 10.1 Å². The van der Waals surface area contributed by atoms with Gasteiger partial charge in [-0.25, -0.2) is 4.79 Å². The smallest absolute Gasteiger partial charge is 0.448 e. The Hall–Kier alpha value is -2.45. The zero-order valence-electron chi connectivity index (χ0n) is 13.5. The Labute approximate surface area is 142 Å². The third-order valence-corrected chi connectivity index (χ3v) is 3.57. The Morgan fingerprint density at radius 2 is 2.00 bits per heavy atom. The van der Waals surface area contributed by atoms with Gasteiger partial charge in [0, 0.05) is 19.5 Å². The van der Waals surface area contributed by atoms with Crippen LogP contribution in [0.5, 0.6) is 5.75 Å². The molecule has 0 saturated carbocycles. The van der Waals surface area contributed by atoms with Crippen LogP contribution in [0.3, 0.4) is 0 Å². The minimum absolute atomic E-state index is 0.153. The molecular formula is C16H19F3N2O4. The average molecular weight is 360 g/mol. The molecule has 1 aromatic rings. The van der Waals surface area contributed by atoms with Gasteiger partial charge in [-0.3, -0.25) is 4.79 Å². The second-order valence-electron chi connectivity index (χ2n) is 5.50. The van der Waals surface area contributed by atoms with Crippen molar-refractivity contribution in [2.24, 2.45) is 0 Å². The normalized spacial score (nSPS) is 14.4. The number of hydrogen-bond donors (Lipinski definition) is 1. The number of cyclic esters (lactones) is 1. The molecule has 1 N–H and O–H groups in total. The highest BCUT2D eigenvalue weighted by Gasteiger charge is 2.30. The van der Waals surface area contributed by atoms with Crippen molar-refractivity contribution in [3.63, 3.8) is 0 Å². The van der Waals surface area contributed by atoms with Crippen LogP contribution in [0.4, 0.5) is 18.0 Å². The molecule has 9 heteroatoms. The third kappa shape index (κ3) is 6.90. The van der Waals surface area contributed by atoms with Crippen LogP contribution in [0.25, 0.3) is 0 Å². The molecule has 0 atom stereocenters. The summed E-state index contributed by atoms with van der Waals surface area (Å²) in [5, 5.41) is 2.74.